The van der Waals surface area contributed by atoms with E-state index in [1.807, 2.05) is 45.0 Å². The highest BCUT2D eigenvalue weighted by molar-refractivity contribution is 9.10. The third-order valence-corrected chi connectivity index (χ3v) is 3.62. The number of carbonyl (C=O) groups is 1. The molecule has 0 aromatic heterocycles. The molecule has 116 valence electrons. The molecule has 1 N–H and O–H groups in total. The maximum absolute atomic E-state index is 12.6. The number of aryl methyl sites for hydroxylation is 2. The van der Waals surface area contributed by atoms with Crippen molar-refractivity contribution in [3.63, 3.8) is 0 Å². The minimum Gasteiger partial charge on any atom is -0.493 e. The monoisotopic (exact) mass is 361 g/mol. The molecule has 1 amide bonds. The first kappa shape index (κ1) is 16.6. The first-order chi connectivity index (χ1) is 10.5. The lowest BCUT2D eigenvalue weighted by atomic mass is 10.1. The number of anilines is 1. The van der Waals surface area contributed by atoms with Gasteiger partial charge in [-0.2, -0.15) is 0 Å². The van der Waals surface area contributed by atoms with E-state index in [9.17, 15) is 4.79 Å². The van der Waals surface area contributed by atoms with E-state index in [0.29, 0.717) is 17.9 Å². The fraction of sp³-hybridized carbons (Fsp3) is 0.278. The standard InChI is InChI=1S/C18H20BrNO2/c1-4-7-22-17-6-5-14(19)11-16(17)18(21)20-15-9-12(2)8-13(3)10-15/h5-6,8-11H,4,7H2,1-3H3,(H,20,21). The Morgan fingerprint density at radius 2 is 1.82 bits per heavy atom. The molecule has 0 radical (unpaired) electrons. The summed E-state index contributed by atoms with van der Waals surface area (Å²) >= 11 is 3.41. The van der Waals surface area contributed by atoms with Gasteiger partial charge in [-0.05, 0) is 61.7 Å². The van der Waals surface area contributed by atoms with Crippen molar-refractivity contribution in [2.75, 3.05) is 11.9 Å². The van der Waals surface area contributed by atoms with Gasteiger partial charge in [0, 0.05) is 10.2 Å². The third-order valence-electron chi connectivity index (χ3n) is 3.13. The van der Waals surface area contributed by atoms with E-state index < -0.39 is 0 Å². The number of hydrogen-bond donors (Lipinski definition) is 1. The van der Waals surface area contributed by atoms with Crippen molar-refractivity contribution < 1.29 is 9.53 Å². The molecule has 22 heavy (non-hydrogen) atoms. The van der Waals surface area contributed by atoms with Crippen LogP contribution in [0.5, 0.6) is 5.75 Å². The summed E-state index contributed by atoms with van der Waals surface area (Å²) in [5, 5.41) is 2.94. The molecule has 0 bridgehead atoms. The smallest absolute Gasteiger partial charge is 0.259 e. The maximum atomic E-state index is 12.6. The van der Waals surface area contributed by atoms with Gasteiger partial charge in [-0.15, -0.1) is 0 Å². The molecular weight excluding hydrogens is 342 g/mol. The summed E-state index contributed by atoms with van der Waals surface area (Å²) in [4.78, 5) is 12.6. The Labute approximate surface area is 139 Å². The summed E-state index contributed by atoms with van der Waals surface area (Å²) < 4.78 is 6.51. The van der Waals surface area contributed by atoms with Crippen molar-refractivity contribution in [2.45, 2.75) is 27.2 Å². The summed E-state index contributed by atoms with van der Waals surface area (Å²) in [6.45, 7) is 6.65. The van der Waals surface area contributed by atoms with Crippen LogP contribution in [0.3, 0.4) is 0 Å². The Balaban J connectivity index is 2.26. The summed E-state index contributed by atoms with van der Waals surface area (Å²) in [6.07, 6.45) is 0.897. The van der Waals surface area contributed by atoms with E-state index in [2.05, 4.69) is 27.3 Å². The van der Waals surface area contributed by atoms with E-state index in [-0.39, 0.29) is 5.91 Å². The maximum Gasteiger partial charge on any atom is 0.259 e. The highest BCUT2D eigenvalue weighted by Crippen LogP contribution is 2.25. The Morgan fingerprint density at radius 3 is 2.45 bits per heavy atom. The van der Waals surface area contributed by atoms with Crippen LogP contribution >= 0.6 is 15.9 Å². The van der Waals surface area contributed by atoms with Gasteiger partial charge >= 0.3 is 0 Å². The minimum atomic E-state index is -0.169. The van der Waals surface area contributed by atoms with Crippen LogP contribution < -0.4 is 10.1 Å². The highest BCUT2D eigenvalue weighted by Gasteiger charge is 2.14. The number of halogens is 1. The summed E-state index contributed by atoms with van der Waals surface area (Å²) in [5.41, 5.74) is 3.56. The van der Waals surface area contributed by atoms with Crippen molar-refractivity contribution in [1.29, 1.82) is 0 Å². The zero-order valence-corrected chi connectivity index (χ0v) is 14.7. The summed E-state index contributed by atoms with van der Waals surface area (Å²) in [5.74, 6) is 0.435. The van der Waals surface area contributed by atoms with Crippen LogP contribution in [0.25, 0.3) is 0 Å². The molecule has 0 aliphatic carbocycles. The molecule has 3 nitrogen and oxygen atoms in total. The molecule has 0 fully saturated rings. The number of amides is 1. The first-order valence-corrected chi connectivity index (χ1v) is 8.11. The molecule has 2 aromatic carbocycles. The molecule has 0 spiro atoms. The molecule has 0 heterocycles. The van der Waals surface area contributed by atoms with Crippen molar-refractivity contribution in [3.8, 4) is 5.75 Å². The molecule has 0 aliphatic heterocycles. The quantitative estimate of drug-likeness (QED) is 0.803. The Hall–Kier alpha value is -1.81. The Morgan fingerprint density at radius 1 is 1.14 bits per heavy atom. The lowest BCUT2D eigenvalue weighted by molar-refractivity contribution is 0.102. The van der Waals surface area contributed by atoms with Crippen LogP contribution in [0.2, 0.25) is 0 Å². The molecule has 0 unspecified atom stereocenters. The summed E-state index contributed by atoms with van der Waals surface area (Å²) in [6, 6.07) is 11.5. The van der Waals surface area contributed by atoms with Gasteiger partial charge in [-0.1, -0.05) is 28.9 Å². The number of hydrogen-bond acceptors (Lipinski definition) is 2. The number of ether oxygens (including phenoxy) is 1. The van der Waals surface area contributed by atoms with Gasteiger partial charge in [0.2, 0.25) is 0 Å². The van der Waals surface area contributed by atoms with Crippen molar-refractivity contribution in [1.82, 2.24) is 0 Å². The van der Waals surface area contributed by atoms with Gasteiger partial charge in [0.15, 0.2) is 0 Å². The predicted molar refractivity (Wildman–Crippen MR) is 93.8 cm³/mol. The minimum absolute atomic E-state index is 0.169. The van der Waals surface area contributed by atoms with Crippen LogP contribution in [0.1, 0.15) is 34.8 Å². The van der Waals surface area contributed by atoms with Gasteiger partial charge < -0.3 is 10.1 Å². The third kappa shape index (κ3) is 4.34. The largest absolute Gasteiger partial charge is 0.493 e. The highest BCUT2D eigenvalue weighted by atomic mass is 79.9. The molecule has 2 rings (SSSR count). The van der Waals surface area contributed by atoms with Gasteiger partial charge in [-0.25, -0.2) is 0 Å². The average molecular weight is 362 g/mol. The molecule has 4 heteroatoms. The van der Waals surface area contributed by atoms with Gasteiger partial charge in [0.1, 0.15) is 5.75 Å². The zero-order valence-electron chi connectivity index (χ0n) is 13.1. The first-order valence-electron chi connectivity index (χ1n) is 7.31. The number of benzene rings is 2. The second-order valence-electron chi connectivity index (χ2n) is 5.32. The SMILES string of the molecule is CCCOc1ccc(Br)cc1C(=O)Nc1cc(C)cc(C)c1. The van der Waals surface area contributed by atoms with Gasteiger partial charge in [0.05, 0.1) is 12.2 Å². The molecule has 0 aliphatic rings. The van der Waals surface area contributed by atoms with Crippen LogP contribution in [0, 0.1) is 13.8 Å². The average Bonchev–Trinajstić information content (AvgIpc) is 2.44. The Bertz CT molecular complexity index is 663. The fourth-order valence-electron chi connectivity index (χ4n) is 2.26. The molecule has 0 saturated carbocycles. The van der Waals surface area contributed by atoms with E-state index in [0.717, 1.165) is 27.7 Å². The van der Waals surface area contributed by atoms with Gasteiger partial charge in [0.25, 0.3) is 5.91 Å². The van der Waals surface area contributed by atoms with Crippen LogP contribution in [-0.2, 0) is 0 Å². The number of rotatable bonds is 5. The van der Waals surface area contributed by atoms with E-state index >= 15 is 0 Å². The van der Waals surface area contributed by atoms with Crippen molar-refractivity contribution >= 4 is 27.5 Å². The number of nitrogens with one attached hydrogen (secondary N) is 1. The van der Waals surface area contributed by atoms with Crippen molar-refractivity contribution in [3.05, 3.63) is 57.6 Å². The van der Waals surface area contributed by atoms with Crippen LogP contribution in [0.15, 0.2) is 40.9 Å². The molecular formula is C18H20BrNO2. The topological polar surface area (TPSA) is 38.3 Å². The van der Waals surface area contributed by atoms with E-state index in [1.165, 1.54) is 0 Å². The Kier molecular flexibility index (Phi) is 5.61. The normalized spacial score (nSPS) is 10.4. The molecule has 0 atom stereocenters. The van der Waals surface area contributed by atoms with Crippen molar-refractivity contribution in [2.24, 2.45) is 0 Å². The second-order valence-corrected chi connectivity index (χ2v) is 6.24. The summed E-state index contributed by atoms with van der Waals surface area (Å²) in [7, 11) is 0. The zero-order chi connectivity index (χ0) is 16.1. The fourth-order valence-corrected chi connectivity index (χ4v) is 2.62. The van der Waals surface area contributed by atoms with Crippen LogP contribution in [-0.4, -0.2) is 12.5 Å². The lowest BCUT2D eigenvalue weighted by Gasteiger charge is -2.12. The second kappa shape index (κ2) is 7.45. The number of carbonyl (C=O) groups excluding carboxylic acids is 1. The van der Waals surface area contributed by atoms with E-state index in [4.69, 9.17) is 4.74 Å². The van der Waals surface area contributed by atoms with Gasteiger partial charge in [-0.3, -0.25) is 4.79 Å². The predicted octanol–water partition coefficient (Wildman–Crippen LogP) is 5.11. The molecule has 2 aromatic rings. The lowest BCUT2D eigenvalue weighted by Crippen LogP contribution is -2.14. The molecule has 0 saturated heterocycles. The van der Waals surface area contributed by atoms with E-state index in [1.54, 1.807) is 6.07 Å². The van der Waals surface area contributed by atoms with Crippen LogP contribution in [0.4, 0.5) is 5.69 Å².